The molecule has 0 saturated carbocycles. The molecule has 0 saturated heterocycles. The van der Waals surface area contributed by atoms with Crippen LogP contribution in [-0.4, -0.2) is 34.2 Å². The standard InChI is InChI=1S/C19H24N2O2/c1-6-20(7-2)19(23)16-8-10-17(11-9-16)21-13(3)12-18(14(21)4)15(5)22/h8-12H,6-7H2,1-5H3. The Morgan fingerprint density at radius 1 is 1.04 bits per heavy atom. The molecule has 122 valence electrons. The Labute approximate surface area is 137 Å². The molecule has 0 spiro atoms. The Balaban J connectivity index is 2.38. The first kappa shape index (κ1) is 17.0. The van der Waals surface area contributed by atoms with E-state index in [0.29, 0.717) is 18.7 Å². The SMILES string of the molecule is CCN(CC)C(=O)c1ccc(-n2c(C)cc(C(C)=O)c2C)cc1. The minimum atomic E-state index is 0.0481. The minimum Gasteiger partial charge on any atom is -0.339 e. The van der Waals surface area contributed by atoms with Crippen LogP contribution < -0.4 is 0 Å². The van der Waals surface area contributed by atoms with Crippen LogP contribution in [-0.2, 0) is 0 Å². The summed E-state index contributed by atoms with van der Waals surface area (Å²) < 4.78 is 2.04. The van der Waals surface area contributed by atoms with Crippen molar-refractivity contribution >= 4 is 11.7 Å². The molecule has 0 atom stereocenters. The van der Waals surface area contributed by atoms with E-state index < -0.39 is 0 Å². The van der Waals surface area contributed by atoms with Gasteiger partial charge in [-0.25, -0.2) is 0 Å². The van der Waals surface area contributed by atoms with E-state index in [1.165, 1.54) is 0 Å². The molecule has 0 fully saturated rings. The van der Waals surface area contributed by atoms with Gasteiger partial charge in [0.2, 0.25) is 0 Å². The molecular weight excluding hydrogens is 288 g/mol. The highest BCUT2D eigenvalue weighted by atomic mass is 16.2. The third-order valence-electron chi connectivity index (χ3n) is 4.23. The molecule has 0 aliphatic carbocycles. The zero-order valence-electron chi connectivity index (χ0n) is 14.5. The molecule has 0 bridgehead atoms. The van der Waals surface area contributed by atoms with E-state index in [1.807, 2.05) is 62.6 Å². The van der Waals surface area contributed by atoms with Gasteiger partial charge in [-0.3, -0.25) is 9.59 Å². The van der Waals surface area contributed by atoms with Gasteiger partial charge in [-0.1, -0.05) is 0 Å². The van der Waals surface area contributed by atoms with Crippen molar-refractivity contribution < 1.29 is 9.59 Å². The number of carbonyl (C=O) groups is 2. The number of hydrogen-bond acceptors (Lipinski definition) is 2. The third kappa shape index (κ3) is 3.21. The van der Waals surface area contributed by atoms with E-state index >= 15 is 0 Å². The first-order valence-corrected chi connectivity index (χ1v) is 8.00. The van der Waals surface area contributed by atoms with Crippen molar-refractivity contribution in [2.75, 3.05) is 13.1 Å². The Morgan fingerprint density at radius 2 is 1.61 bits per heavy atom. The van der Waals surface area contributed by atoms with Crippen LogP contribution in [0.1, 0.15) is 52.9 Å². The maximum Gasteiger partial charge on any atom is 0.253 e. The molecule has 1 amide bonds. The number of amides is 1. The van der Waals surface area contributed by atoms with Gasteiger partial charge in [0, 0.05) is 41.3 Å². The van der Waals surface area contributed by atoms with Gasteiger partial charge < -0.3 is 9.47 Å². The average Bonchev–Trinajstić information content (AvgIpc) is 2.83. The molecule has 0 unspecified atom stereocenters. The number of hydrogen-bond donors (Lipinski definition) is 0. The maximum atomic E-state index is 12.4. The molecule has 2 rings (SSSR count). The van der Waals surface area contributed by atoms with Gasteiger partial charge in [0.1, 0.15) is 0 Å². The Bertz CT molecular complexity index is 723. The third-order valence-corrected chi connectivity index (χ3v) is 4.23. The minimum absolute atomic E-state index is 0.0481. The van der Waals surface area contributed by atoms with Crippen molar-refractivity contribution in [2.45, 2.75) is 34.6 Å². The lowest BCUT2D eigenvalue weighted by Crippen LogP contribution is -2.30. The first-order chi connectivity index (χ1) is 10.9. The molecule has 1 aromatic carbocycles. The second-order valence-electron chi connectivity index (χ2n) is 5.70. The van der Waals surface area contributed by atoms with E-state index in [1.54, 1.807) is 11.8 Å². The normalized spacial score (nSPS) is 10.7. The number of Topliss-reactive ketones (excluding diaryl/α,β-unsaturated/α-hetero) is 1. The van der Waals surface area contributed by atoms with Gasteiger partial charge in [-0.2, -0.15) is 0 Å². The zero-order valence-corrected chi connectivity index (χ0v) is 14.5. The summed E-state index contributed by atoms with van der Waals surface area (Å²) in [7, 11) is 0. The van der Waals surface area contributed by atoms with Crippen molar-refractivity contribution in [1.29, 1.82) is 0 Å². The van der Waals surface area contributed by atoms with Gasteiger partial charge in [0.15, 0.2) is 5.78 Å². The van der Waals surface area contributed by atoms with Crippen molar-refractivity contribution in [3.8, 4) is 5.69 Å². The van der Waals surface area contributed by atoms with Gasteiger partial charge in [-0.15, -0.1) is 0 Å². The first-order valence-electron chi connectivity index (χ1n) is 8.00. The van der Waals surface area contributed by atoms with Crippen LogP contribution in [0.25, 0.3) is 5.69 Å². The summed E-state index contributed by atoms with van der Waals surface area (Å²) in [6.07, 6.45) is 0. The van der Waals surface area contributed by atoms with E-state index in [4.69, 9.17) is 0 Å². The molecule has 4 nitrogen and oxygen atoms in total. The van der Waals surface area contributed by atoms with Gasteiger partial charge in [0.25, 0.3) is 5.91 Å². The Morgan fingerprint density at radius 3 is 2.04 bits per heavy atom. The number of aromatic nitrogens is 1. The molecule has 0 N–H and O–H groups in total. The van der Waals surface area contributed by atoms with E-state index in [-0.39, 0.29) is 11.7 Å². The summed E-state index contributed by atoms with van der Waals surface area (Å²) in [5, 5.41) is 0. The number of ketones is 1. The largest absolute Gasteiger partial charge is 0.339 e. The van der Waals surface area contributed by atoms with Crippen LogP contribution >= 0.6 is 0 Å². The van der Waals surface area contributed by atoms with Crippen LogP contribution in [0.5, 0.6) is 0 Å². The molecule has 0 aliphatic rings. The van der Waals surface area contributed by atoms with E-state index in [0.717, 1.165) is 22.6 Å². The smallest absolute Gasteiger partial charge is 0.253 e. The van der Waals surface area contributed by atoms with Crippen molar-refractivity contribution in [3.05, 3.63) is 52.8 Å². The lowest BCUT2D eigenvalue weighted by molar-refractivity contribution is 0.0773. The summed E-state index contributed by atoms with van der Waals surface area (Å²) in [6.45, 7) is 10.9. The molecule has 0 radical (unpaired) electrons. The molecule has 2 aromatic rings. The molecule has 1 heterocycles. The van der Waals surface area contributed by atoms with Crippen LogP contribution in [0.3, 0.4) is 0 Å². The molecular formula is C19H24N2O2. The number of benzene rings is 1. The van der Waals surface area contributed by atoms with Gasteiger partial charge in [0.05, 0.1) is 0 Å². The number of rotatable bonds is 5. The van der Waals surface area contributed by atoms with Crippen LogP contribution in [0.15, 0.2) is 30.3 Å². The highest BCUT2D eigenvalue weighted by Gasteiger charge is 2.15. The fourth-order valence-electron chi connectivity index (χ4n) is 2.96. The summed E-state index contributed by atoms with van der Waals surface area (Å²) in [6, 6.07) is 9.47. The van der Waals surface area contributed by atoms with Crippen molar-refractivity contribution in [1.82, 2.24) is 9.47 Å². The zero-order chi connectivity index (χ0) is 17.1. The Hall–Kier alpha value is -2.36. The lowest BCUT2D eigenvalue weighted by Gasteiger charge is -2.19. The van der Waals surface area contributed by atoms with Crippen LogP contribution in [0, 0.1) is 13.8 Å². The van der Waals surface area contributed by atoms with Crippen molar-refractivity contribution in [2.24, 2.45) is 0 Å². The molecule has 1 aromatic heterocycles. The molecule has 4 heteroatoms. The number of nitrogens with zero attached hydrogens (tertiary/aromatic N) is 2. The van der Waals surface area contributed by atoms with Crippen LogP contribution in [0.2, 0.25) is 0 Å². The highest BCUT2D eigenvalue weighted by Crippen LogP contribution is 2.22. The fourth-order valence-corrected chi connectivity index (χ4v) is 2.96. The van der Waals surface area contributed by atoms with Gasteiger partial charge >= 0.3 is 0 Å². The molecule has 0 aliphatic heterocycles. The topological polar surface area (TPSA) is 42.3 Å². The quantitative estimate of drug-likeness (QED) is 0.789. The molecule has 23 heavy (non-hydrogen) atoms. The second kappa shape index (κ2) is 6.82. The maximum absolute atomic E-state index is 12.4. The summed E-state index contributed by atoms with van der Waals surface area (Å²) >= 11 is 0. The Kier molecular flexibility index (Phi) is 5.04. The lowest BCUT2D eigenvalue weighted by atomic mass is 10.1. The predicted octanol–water partition coefficient (Wildman–Crippen LogP) is 3.78. The monoisotopic (exact) mass is 312 g/mol. The van der Waals surface area contributed by atoms with E-state index in [2.05, 4.69) is 0 Å². The van der Waals surface area contributed by atoms with Gasteiger partial charge in [-0.05, 0) is 65.0 Å². The number of aryl methyl sites for hydroxylation is 1. The van der Waals surface area contributed by atoms with Crippen molar-refractivity contribution in [3.63, 3.8) is 0 Å². The highest BCUT2D eigenvalue weighted by molar-refractivity contribution is 5.96. The summed E-state index contributed by atoms with van der Waals surface area (Å²) in [5.74, 6) is 0.115. The summed E-state index contributed by atoms with van der Waals surface area (Å²) in [5.41, 5.74) is 4.33. The number of carbonyl (C=O) groups excluding carboxylic acids is 2. The van der Waals surface area contributed by atoms with Crippen LogP contribution in [0.4, 0.5) is 0 Å². The van der Waals surface area contributed by atoms with E-state index in [9.17, 15) is 9.59 Å². The second-order valence-corrected chi connectivity index (χ2v) is 5.70. The fraction of sp³-hybridized carbons (Fsp3) is 0.368. The average molecular weight is 312 g/mol. The summed E-state index contributed by atoms with van der Waals surface area (Å²) in [4.78, 5) is 25.8. The predicted molar refractivity (Wildman–Crippen MR) is 92.5 cm³/mol.